The molecule has 0 aromatic rings. The van der Waals surface area contributed by atoms with Gasteiger partial charge in [-0.1, -0.05) is 0 Å². The third-order valence-electron chi connectivity index (χ3n) is 3.81. The summed E-state index contributed by atoms with van der Waals surface area (Å²) in [5, 5.41) is 6.45. The maximum absolute atomic E-state index is 11.4. The van der Waals surface area contributed by atoms with Gasteiger partial charge in [-0.2, -0.15) is 0 Å². The lowest BCUT2D eigenvalue weighted by atomic mass is 9.95. The highest BCUT2D eigenvalue weighted by molar-refractivity contribution is 5.76. The monoisotopic (exact) mass is 224 g/mol. The van der Waals surface area contributed by atoms with Crippen LogP contribution in [0.2, 0.25) is 0 Å². The number of carbonyl (C=O) groups is 1. The molecule has 3 aliphatic rings. The third kappa shape index (κ3) is 2.38. The van der Waals surface area contributed by atoms with Gasteiger partial charge in [-0.15, -0.1) is 0 Å². The Hall–Kier alpha value is -0.610. The van der Waals surface area contributed by atoms with E-state index in [-0.39, 0.29) is 5.91 Å². The molecule has 0 radical (unpaired) electrons. The van der Waals surface area contributed by atoms with Gasteiger partial charge in [-0.05, 0) is 32.1 Å². The van der Waals surface area contributed by atoms with Crippen molar-refractivity contribution in [2.24, 2.45) is 0 Å². The Bertz CT molecular complexity index is 278. The third-order valence-corrected chi connectivity index (χ3v) is 3.81. The van der Waals surface area contributed by atoms with Crippen LogP contribution in [0, 0.1) is 0 Å². The van der Waals surface area contributed by atoms with Gasteiger partial charge in [0, 0.05) is 25.0 Å². The molecule has 16 heavy (non-hydrogen) atoms. The molecule has 2 N–H and O–H groups in total. The number of amides is 1. The minimum Gasteiger partial charge on any atom is -0.373 e. The Morgan fingerprint density at radius 2 is 2.12 bits per heavy atom. The van der Waals surface area contributed by atoms with Crippen molar-refractivity contribution in [2.75, 3.05) is 6.54 Å². The van der Waals surface area contributed by atoms with E-state index < -0.39 is 0 Å². The van der Waals surface area contributed by atoms with E-state index in [4.69, 9.17) is 4.74 Å². The van der Waals surface area contributed by atoms with Crippen LogP contribution in [0.25, 0.3) is 0 Å². The summed E-state index contributed by atoms with van der Waals surface area (Å²) in [5.74, 6) is 0.194. The first-order valence-corrected chi connectivity index (χ1v) is 6.49. The smallest absolute Gasteiger partial charge is 0.221 e. The number of hydrogen-bond acceptors (Lipinski definition) is 3. The molecule has 2 saturated heterocycles. The van der Waals surface area contributed by atoms with Crippen molar-refractivity contribution >= 4 is 5.91 Å². The Kier molecular flexibility index (Phi) is 2.86. The van der Waals surface area contributed by atoms with E-state index in [0.29, 0.717) is 30.7 Å². The van der Waals surface area contributed by atoms with Crippen molar-refractivity contribution in [1.29, 1.82) is 0 Å². The highest BCUT2D eigenvalue weighted by Crippen LogP contribution is 2.34. The van der Waals surface area contributed by atoms with Crippen molar-refractivity contribution in [3.8, 4) is 0 Å². The van der Waals surface area contributed by atoms with Crippen LogP contribution in [-0.2, 0) is 9.53 Å². The molecule has 0 aromatic carbocycles. The topological polar surface area (TPSA) is 50.4 Å². The minimum absolute atomic E-state index is 0.194. The van der Waals surface area contributed by atoms with E-state index >= 15 is 0 Å². The van der Waals surface area contributed by atoms with Gasteiger partial charge >= 0.3 is 0 Å². The molecule has 1 amide bonds. The second-order valence-electron chi connectivity index (χ2n) is 5.26. The molecule has 1 aliphatic carbocycles. The molecule has 2 heterocycles. The van der Waals surface area contributed by atoms with Gasteiger partial charge < -0.3 is 15.4 Å². The zero-order valence-corrected chi connectivity index (χ0v) is 9.58. The summed E-state index contributed by atoms with van der Waals surface area (Å²) in [4.78, 5) is 11.4. The van der Waals surface area contributed by atoms with Crippen molar-refractivity contribution < 1.29 is 9.53 Å². The van der Waals surface area contributed by atoms with Gasteiger partial charge in [0.1, 0.15) is 0 Å². The van der Waals surface area contributed by atoms with E-state index in [2.05, 4.69) is 10.6 Å². The Balaban J connectivity index is 1.32. The van der Waals surface area contributed by atoms with Gasteiger partial charge in [0.2, 0.25) is 5.91 Å². The lowest BCUT2D eigenvalue weighted by Crippen LogP contribution is -2.39. The van der Waals surface area contributed by atoms with E-state index in [1.807, 2.05) is 0 Å². The summed E-state index contributed by atoms with van der Waals surface area (Å²) < 4.78 is 5.75. The molecule has 2 bridgehead atoms. The predicted molar refractivity (Wildman–Crippen MR) is 60.1 cm³/mol. The molecule has 3 atom stereocenters. The minimum atomic E-state index is 0.194. The van der Waals surface area contributed by atoms with Crippen LogP contribution in [0.4, 0.5) is 0 Å². The Morgan fingerprint density at radius 1 is 1.25 bits per heavy atom. The quantitative estimate of drug-likeness (QED) is 0.717. The first-order chi connectivity index (χ1) is 7.81. The number of fused-ring (bicyclic) bond motifs is 2. The first kappa shape index (κ1) is 10.5. The summed E-state index contributed by atoms with van der Waals surface area (Å²) in [7, 11) is 0. The predicted octanol–water partition coefficient (Wildman–Crippen LogP) is 0.565. The molecule has 3 unspecified atom stereocenters. The van der Waals surface area contributed by atoms with E-state index in [1.165, 1.54) is 25.7 Å². The zero-order chi connectivity index (χ0) is 11.0. The normalized spacial score (nSPS) is 36.6. The van der Waals surface area contributed by atoms with Crippen LogP contribution in [0.15, 0.2) is 0 Å². The van der Waals surface area contributed by atoms with Crippen molar-refractivity contribution in [3.05, 3.63) is 0 Å². The number of ether oxygens (including phenoxy) is 1. The van der Waals surface area contributed by atoms with Gasteiger partial charge in [0.25, 0.3) is 0 Å². The fourth-order valence-corrected chi connectivity index (χ4v) is 2.75. The molecule has 3 rings (SSSR count). The largest absolute Gasteiger partial charge is 0.373 e. The summed E-state index contributed by atoms with van der Waals surface area (Å²) in [5.41, 5.74) is 0. The number of carbonyl (C=O) groups excluding carboxylic acids is 1. The number of hydrogen-bond donors (Lipinski definition) is 2. The molecule has 0 aromatic heterocycles. The SMILES string of the molecule is O=C(CCNC1CC2CCC1O2)NC1CC1. The van der Waals surface area contributed by atoms with Gasteiger partial charge in [-0.25, -0.2) is 0 Å². The van der Waals surface area contributed by atoms with Crippen molar-refractivity contribution in [3.63, 3.8) is 0 Å². The van der Waals surface area contributed by atoms with Crippen LogP contribution in [-0.4, -0.2) is 36.7 Å². The van der Waals surface area contributed by atoms with Gasteiger partial charge in [-0.3, -0.25) is 4.79 Å². The van der Waals surface area contributed by atoms with Crippen LogP contribution < -0.4 is 10.6 Å². The van der Waals surface area contributed by atoms with E-state index in [9.17, 15) is 4.79 Å². The second kappa shape index (κ2) is 4.34. The molecule has 1 saturated carbocycles. The standard InChI is InChI=1S/C12H20N2O2/c15-12(14-8-1-2-8)5-6-13-10-7-9-3-4-11(10)16-9/h8-11,13H,1-7H2,(H,14,15). The first-order valence-electron chi connectivity index (χ1n) is 6.49. The summed E-state index contributed by atoms with van der Waals surface area (Å²) >= 11 is 0. The van der Waals surface area contributed by atoms with E-state index in [0.717, 1.165) is 13.0 Å². The average Bonchev–Trinajstić information content (AvgIpc) is 2.84. The molecule has 4 nitrogen and oxygen atoms in total. The second-order valence-corrected chi connectivity index (χ2v) is 5.26. The van der Waals surface area contributed by atoms with Crippen LogP contribution in [0.1, 0.15) is 38.5 Å². The molecule has 4 heteroatoms. The molecule has 90 valence electrons. The Morgan fingerprint density at radius 3 is 2.75 bits per heavy atom. The summed E-state index contributed by atoms with van der Waals surface area (Å²) in [6.45, 7) is 0.788. The lowest BCUT2D eigenvalue weighted by Gasteiger charge is -2.19. The van der Waals surface area contributed by atoms with Crippen molar-refractivity contribution in [1.82, 2.24) is 10.6 Å². The summed E-state index contributed by atoms with van der Waals surface area (Å²) in [6, 6.07) is 0.978. The maximum atomic E-state index is 11.4. The highest BCUT2D eigenvalue weighted by atomic mass is 16.5. The number of rotatable bonds is 5. The molecular formula is C12H20N2O2. The highest BCUT2D eigenvalue weighted by Gasteiger charge is 2.40. The summed E-state index contributed by atoms with van der Waals surface area (Å²) in [6.07, 6.45) is 7.39. The average molecular weight is 224 g/mol. The Labute approximate surface area is 96.1 Å². The van der Waals surface area contributed by atoms with Crippen LogP contribution in [0.3, 0.4) is 0 Å². The van der Waals surface area contributed by atoms with Gasteiger partial charge in [0.15, 0.2) is 0 Å². The number of nitrogens with one attached hydrogen (secondary N) is 2. The fourth-order valence-electron chi connectivity index (χ4n) is 2.75. The van der Waals surface area contributed by atoms with E-state index in [1.54, 1.807) is 0 Å². The molecule has 0 spiro atoms. The fraction of sp³-hybridized carbons (Fsp3) is 0.917. The molecule has 3 fully saturated rings. The zero-order valence-electron chi connectivity index (χ0n) is 9.58. The maximum Gasteiger partial charge on any atom is 0.221 e. The van der Waals surface area contributed by atoms with Crippen LogP contribution in [0.5, 0.6) is 0 Å². The lowest BCUT2D eigenvalue weighted by molar-refractivity contribution is -0.121. The van der Waals surface area contributed by atoms with Crippen LogP contribution >= 0.6 is 0 Å². The molecular weight excluding hydrogens is 204 g/mol. The van der Waals surface area contributed by atoms with Crippen molar-refractivity contribution in [2.45, 2.75) is 62.8 Å². The molecule has 2 aliphatic heterocycles. The van der Waals surface area contributed by atoms with Gasteiger partial charge in [0.05, 0.1) is 12.2 Å².